The van der Waals surface area contributed by atoms with Crippen LogP contribution in [-0.2, 0) is 4.74 Å². The molecule has 0 aliphatic carbocycles. The molecule has 3 aromatic rings. The van der Waals surface area contributed by atoms with Crippen LogP contribution in [0, 0.1) is 34.0 Å². The van der Waals surface area contributed by atoms with E-state index in [2.05, 4.69) is 15.4 Å². The first-order chi connectivity index (χ1) is 14.1. The van der Waals surface area contributed by atoms with E-state index in [0.717, 1.165) is 0 Å². The third-order valence-electron chi connectivity index (χ3n) is 3.91. The summed E-state index contributed by atoms with van der Waals surface area (Å²) >= 11 is 0. The number of benzene rings is 1. The zero-order valence-electron chi connectivity index (χ0n) is 15.2. The highest BCUT2D eigenvalue weighted by atomic mass is 16.5. The van der Waals surface area contributed by atoms with Crippen LogP contribution in [0.2, 0.25) is 0 Å². The Bertz CT molecular complexity index is 1240. The summed E-state index contributed by atoms with van der Waals surface area (Å²) in [6.07, 6.45) is 2.95. The average molecular weight is 383 g/mol. The van der Waals surface area contributed by atoms with Crippen molar-refractivity contribution in [2.75, 3.05) is 11.9 Å². The van der Waals surface area contributed by atoms with Crippen LogP contribution in [0.3, 0.4) is 0 Å². The summed E-state index contributed by atoms with van der Waals surface area (Å²) in [5, 5.41) is 34.2. The van der Waals surface area contributed by atoms with Crippen molar-refractivity contribution in [3.63, 3.8) is 0 Å². The topological polar surface area (TPSA) is 140 Å². The lowest BCUT2D eigenvalue weighted by atomic mass is 10.1. The monoisotopic (exact) mass is 383 g/mol. The average Bonchev–Trinajstić information content (AvgIpc) is 3.18. The summed E-state index contributed by atoms with van der Waals surface area (Å²) in [7, 11) is 0. The van der Waals surface area contributed by atoms with E-state index in [0.29, 0.717) is 22.6 Å². The summed E-state index contributed by atoms with van der Waals surface area (Å²) in [6, 6.07) is 13.9. The molecule has 0 atom stereocenters. The summed E-state index contributed by atoms with van der Waals surface area (Å²) in [6.45, 7) is 1.96. The van der Waals surface area contributed by atoms with Crippen LogP contribution in [0.1, 0.15) is 17.3 Å². The molecular weight excluding hydrogens is 370 g/mol. The second-order valence-electron chi connectivity index (χ2n) is 5.64. The molecule has 1 N–H and O–H groups in total. The Morgan fingerprint density at radius 2 is 2.00 bits per heavy atom. The Balaban J connectivity index is 2.04. The molecule has 29 heavy (non-hydrogen) atoms. The number of carbonyl (C=O) groups is 1. The van der Waals surface area contributed by atoms with Gasteiger partial charge < -0.3 is 10.1 Å². The van der Waals surface area contributed by atoms with Gasteiger partial charge in [0.25, 0.3) is 0 Å². The first-order valence-corrected chi connectivity index (χ1v) is 8.44. The summed E-state index contributed by atoms with van der Waals surface area (Å²) < 4.78 is 6.54. The highest BCUT2D eigenvalue weighted by Gasteiger charge is 2.17. The van der Waals surface area contributed by atoms with Crippen LogP contribution in [0.5, 0.6) is 0 Å². The Labute approximate surface area is 165 Å². The molecule has 0 spiro atoms. The molecule has 0 aliphatic heterocycles. The Kier molecular flexibility index (Phi) is 5.49. The third kappa shape index (κ3) is 3.73. The van der Waals surface area contributed by atoms with Gasteiger partial charge in [-0.25, -0.2) is 14.3 Å². The minimum Gasteiger partial charge on any atom is -0.462 e. The van der Waals surface area contributed by atoms with Gasteiger partial charge in [0.15, 0.2) is 11.2 Å². The van der Waals surface area contributed by atoms with Gasteiger partial charge in [0.1, 0.15) is 29.5 Å². The van der Waals surface area contributed by atoms with Gasteiger partial charge in [-0.15, -0.1) is 0 Å². The number of hydrogen-bond donors (Lipinski definition) is 1. The second-order valence-corrected chi connectivity index (χ2v) is 5.64. The van der Waals surface area contributed by atoms with Crippen LogP contribution in [-0.4, -0.2) is 27.2 Å². The minimum absolute atomic E-state index is 0.143. The van der Waals surface area contributed by atoms with Gasteiger partial charge in [0.05, 0.1) is 18.5 Å². The molecule has 2 heterocycles. The molecule has 1 aromatic carbocycles. The van der Waals surface area contributed by atoms with Crippen molar-refractivity contribution < 1.29 is 9.53 Å². The van der Waals surface area contributed by atoms with Gasteiger partial charge in [0.2, 0.25) is 0 Å². The van der Waals surface area contributed by atoms with Gasteiger partial charge in [-0.05, 0) is 25.1 Å². The predicted octanol–water partition coefficient (Wildman–Crippen LogP) is 2.81. The standard InChI is InChI=1S/C20H13N7O2/c1-2-29-20(28)16-12-25-27-18(6-7-24-19(16)27)13-4-3-5-15(8-13)26-17(11-23)14(9-21)10-22/h3-8,12,26H,2H2,1H3. The van der Waals surface area contributed by atoms with Crippen molar-refractivity contribution >= 4 is 17.3 Å². The third-order valence-corrected chi connectivity index (χ3v) is 3.91. The van der Waals surface area contributed by atoms with Gasteiger partial charge in [-0.3, -0.25) is 0 Å². The smallest absolute Gasteiger partial charge is 0.343 e. The SMILES string of the molecule is CCOC(=O)c1cnn2c(-c3cccc(NC(C#N)=C(C#N)C#N)c3)ccnc12. The van der Waals surface area contributed by atoms with Crippen molar-refractivity contribution in [1.29, 1.82) is 15.8 Å². The maximum atomic E-state index is 12.1. The van der Waals surface area contributed by atoms with Crippen molar-refractivity contribution in [3.05, 3.63) is 59.6 Å². The van der Waals surface area contributed by atoms with Crippen LogP contribution in [0.25, 0.3) is 16.9 Å². The molecule has 0 amide bonds. The number of ether oxygens (including phenoxy) is 1. The van der Waals surface area contributed by atoms with Crippen molar-refractivity contribution in [1.82, 2.24) is 14.6 Å². The number of aromatic nitrogens is 3. The van der Waals surface area contributed by atoms with Crippen molar-refractivity contribution in [3.8, 4) is 29.5 Å². The number of rotatable bonds is 5. The lowest BCUT2D eigenvalue weighted by Gasteiger charge is -2.09. The normalized spacial score (nSPS) is 9.72. The molecule has 3 rings (SSSR count). The van der Waals surface area contributed by atoms with E-state index in [4.69, 9.17) is 15.3 Å². The molecule has 0 unspecified atom stereocenters. The number of nitrogens with one attached hydrogen (secondary N) is 1. The molecule has 9 nitrogen and oxygen atoms in total. The van der Waals surface area contributed by atoms with Gasteiger partial charge in [0, 0.05) is 17.4 Å². The highest BCUT2D eigenvalue weighted by molar-refractivity contribution is 5.96. The van der Waals surface area contributed by atoms with Crippen molar-refractivity contribution in [2.45, 2.75) is 6.92 Å². The molecule has 0 saturated carbocycles. The number of nitriles is 3. The summed E-state index contributed by atoms with van der Waals surface area (Å²) in [5.41, 5.74) is 2.03. The minimum atomic E-state index is -0.507. The maximum absolute atomic E-state index is 12.1. The van der Waals surface area contributed by atoms with E-state index in [1.807, 2.05) is 12.1 Å². The Hall–Kier alpha value is -4.68. The van der Waals surface area contributed by atoms with Gasteiger partial charge in [-0.1, -0.05) is 12.1 Å². The van der Waals surface area contributed by atoms with E-state index < -0.39 is 5.97 Å². The molecule has 0 radical (unpaired) electrons. The van der Waals surface area contributed by atoms with Gasteiger partial charge in [-0.2, -0.15) is 20.9 Å². The Morgan fingerprint density at radius 1 is 1.21 bits per heavy atom. The lowest BCUT2D eigenvalue weighted by Crippen LogP contribution is -2.05. The van der Waals surface area contributed by atoms with Crippen LogP contribution in [0.4, 0.5) is 5.69 Å². The summed E-state index contributed by atoms with van der Waals surface area (Å²) in [5.74, 6) is -0.507. The fourth-order valence-corrected chi connectivity index (χ4v) is 2.65. The molecule has 140 valence electrons. The second kappa shape index (κ2) is 8.34. The number of anilines is 1. The number of fused-ring (bicyclic) bond motifs is 1. The predicted molar refractivity (Wildman–Crippen MR) is 102 cm³/mol. The largest absolute Gasteiger partial charge is 0.462 e. The molecule has 0 bridgehead atoms. The number of esters is 1. The van der Waals surface area contributed by atoms with Crippen LogP contribution < -0.4 is 5.32 Å². The lowest BCUT2D eigenvalue weighted by molar-refractivity contribution is 0.0528. The Morgan fingerprint density at radius 3 is 2.69 bits per heavy atom. The molecule has 0 fully saturated rings. The fraction of sp³-hybridized carbons (Fsp3) is 0.100. The van der Waals surface area contributed by atoms with E-state index in [-0.39, 0.29) is 23.4 Å². The van der Waals surface area contributed by atoms with Crippen LogP contribution in [0.15, 0.2) is 54.0 Å². The first kappa shape index (κ1) is 19.1. The molecule has 0 aliphatic rings. The molecule has 0 saturated heterocycles. The van der Waals surface area contributed by atoms with E-state index in [1.165, 1.54) is 10.7 Å². The quantitative estimate of drug-likeness (QED) is 0.524. The highest BCUT2D eigenvalue weighted by Crippen LogP contribution is 2.25. The van der Waals surface area contributed by atoms with Crippen LogP contribution >= 0.6 is 0 Å². The van der Waals surface area contributed by atoms with E-state index >= 15 is 0 Å². The maximum Gasteiger partial charge on any atom is 0.343 e. The number of allylic oxidation sites excluding steroid dienone is 2. The van der Waals surface area contributed by atoms with E-state index in [9.17, 15) is 10.1 Å². The number of carbonyl (C=O) groups excluding carboxylic acids is 1. The fourth-order valence-electron chi connectivity index (χ4n) is 2.65. The molecular formula is C20H13N7O2. The first-order valence-electron chi connectivity index (χ1n) is 8.44. The number of nitrogens with zero attached hydrogens (tertiary/aromatic N) is 6. The van der Waals surface area contributed by atoms with Crippen molar-refractivity contribution in [2.24, 2.45) is 0 Å². The van der Waals surface area contributed by atoms with E-state index in [1.54, 1.807) is 49.5 Å². The zero-order chi connectivity index (χ0) is 20.8. The van der Waals surface area contributed by atoms with Gasteiger partial charge >= 0.3 is 5.97 Å². The summed E-state index contributed by atoms with van der Waals surface area (Å²) in [4.78, 5) is 16.3. The zero-order valence-corrected chi connectivity index (χ0v) is 15.2. The molecule has 2 aromatic heterocycles. The molecule has 9 heteroatoms. The number of hydrogen-bond acceptors (Lipinski definition) is 8.